The molecule has 0 aromatic carbocycles. The van der Waals surface area contributed by atoms with Crippen LogP contribution < -0.4 is 0 Å². The molecule has 0 unspecified atom stereocenters. The van der Waals surface area contributed by atoms with Crippen LogP contribution in [0.25, 0.3) is 4.91 Å². The van der Waals surface area contributed by atoms with Crippen molar-refractivity contribution < 1.29 is 0 Å². The maximum absolute atomic E-state index is 2.55. The zero-order valence-corrected chi connectivity index (χ0v) is 18.9. The van der Waals surface area contributed by atoms with Crippen LogP contribution in [-0.2, 0) is 0 Å². The van der Waals surface area contributed by atoms with Crippen molar-refractivity contribution in [2.75, 3.05) is 0 Å². The Morgan fingerprint density at radius 3 is 1.92 bits per heavy atom. The molecular weight excluding hydrogens is 352 g/mol. The van der Waals surface area contributed by atoms with Gasteiger partial charge in [0.05, 0.1) is 0 Å². The highest BCUT2D eigenvalue weighted by Gasteiger charge is 2.35. The highest BCUT2D eigenvalue weighted by molar-refractivity contribution is 8.10. The van der Waals surface area contributed by atoms with Crippen LogP contribution in [0.15, 0.2) is 23.6 Å². The first-order chi connectivity index (χ1) is 12.8. The summed E-state index contributed by atoms with van der Waals surface area (Å²) in [5.74, 6) is 0. The van der Waals surface area contributed by atoms with Gasteiger partial charge in [-0.2, -0.15) is 0 Å². The molecule has 0 atom stereocenters. The SMILES string of the molecule is CCCCCCCCC1(CCCCCCCC)CC=C(c2cccs2)S1. The van der Waals surface area contributed by atoms with E-state index in [1.165, 1.54) is 101 Å². The van der Waals surface area contributed by atoms with Gasteiger partial charge in [0, 0.05) is 14.5 Å². The first-order valence-electron chi connectivity index (χ1n) is 11.2. The Morgan fingerprint density at radius 1 is 0.808 bits per heavy atom. The smallest absolute Gasteiger partial charge is 0.0403 e. The number of allylic oxidation sites excluding steroid dienone is 1. The molecule has 0 saturated heterocycles. The van der Waals surface area contributed by atoms with Crippen molar-refractivity contribution in [2.45, 2.75) is 115 Å². The van der Waals surface area contributed by atoms with Crippen molar-refractivity contribution in [3.63, 3.8) is 0 Å². The van der Waals surface area contributed by atoms with Crippen LogP contribution in [0.3, 0.4) is 0 Å². The van der Waals surface area contributed by atoms with E-state index in [0.29, 0.717) is 4.75 Å². The fraction of sp³-hybridized carbons (Fsp3) is 0.750. The van der Waals surface area contributed by atoms with Crippen molar-refractivity contribution in [1.82, 2.24) is 0 Å². The molecule has 1 aliphatic heterocycles. The van der Waals surface area contributed by atoms with Gasteiger partial charge in [0.1, 0.15) is 0 Å². The molecule has 0 fully saturated rings. The maximum Gasteiger partial charge on any atom is 0.0403 e. The summed E-state index contributed by atoms with van der Waals surface area (Å²) in [5, 5.41) is 2.22. The fourth-order valence-electron chi connectivity index (χ4n) is 4.05. The molecule has 148 valence electrons. The van der Waals surface area contributed by atoms with E-state index in [1.54, 1.807) is 4.91 Å². The highest BCUT2D eigenvalue weighted by atomic mass is 32.2. The minimum absolute atomic E-state index is 0.509. The summed E-state index contributed by atoms with van der Waals surface area (Å²) in [7, 11) is 0. The van der Waals surface area contributed by atoms with Gasteiger partial charge in [0.25, 0.3) is 0 Å². The summed E-state index contributed by atoms with van der Waals surface area (Å²) < 4.78 is 0.509. The third-order valence-electron chi connectivity index (χ3n) is 5.72. The Hall–Kier alpha value is -0.210. The lowest BCUT2D eigenvalue weighted by atomic mass is 9.90. The quantitative estimate of drug-likeness (QED) is 0.268. The zero-order valence-electron chi connectivity index (χ0n) is 17.2. The average Bonchev–Trinajstić information content (AvgIpc) is 3.31. The first kappa shape index (κ1) is 22.1. The molecule has 0 radical (unpaired) electrons. The van der Waals surface area contributed by atoms with Gasteiger partial charge in [-0.3, -0.25) is 0 Å². The van der Waals surface area contributed by atoms with Crippen LogP contribution in [0.1, 0.15) is 115 Å². The van der Waals surface area contributed by atoms with E-state index in [2.05, 4.69) is 49.2 Å². The Kier molecular flexibility index (Phi) is 11.1. The summed E-state index contributed by atoms with van der Waals surface area (Å²) in [6, 6.07) is 4.50. The molecule has 26 heavy (non-hydrogen) atoms. The van der Waals surface area contributed by atoms with Gasteiger partial charge in [-0.15, -0.1) is 23.1 Å². The first-order valence-corrected chi connectivity index (χ1v) is 12.9. The largest absolute Gasteiger partial charge is 0.143 e. The molecule has 0 bridgehead atoms. The van der Waals surface area contributed by atoms with E-state index in [-0.39, 0.29) is 0 Å². The second-order valence-electron chi connectivity index (χ2n) is 8.07. The van der Waals surface area contributed by atoms with Crippen LogP contribution in [-0.4, -0.2) is 4.75 Å². The van der Waals surface area contributed by atoms with E-state index in [1.807, 2.05) is 11.3 Å². The minimum atomic E-state index is 0.509. The van der Waals surface area contributed by atoms with Gasteiger partial charge >= 0.3 is 0 Å². The molecule has 2 heteroatoms. The average molecular weight is 393 g/mol. The van der Waals surface area contributed by atoms with E-state index < -0.39 is 0 Å². The maximum atomic E-state index is 2.55. The summed E-state index contributed by atoms with van der Waals surface area (Å²) in [4.78, 5) is 3.06. The van der Waals surface area contributed by atoms with Crippen LogP contribution in [0.5, 0.6) is 0 Å². The molecule has 0 spiro atoms. The third-order valence-corrected chi connectivity index (χ3v) is 8.37. The standard InChI is InChI=1S/C24H40S2/c1-3-5-7-9-11-13-18-24(19-14-12-10-8-6-4-2)20-17-23(26-24)22-16-15-21-25-22/h15-17,21H,3-14,18-20H2,1-2H3. The predicted molar refractivity (Wildman–Crippen MR) is 123 cm³/mol. The second kappa shape index (κ2) is 13.0. The van der Waals surface area contributed by atoms with Crippen molar-refractivity contribution >= 4 is 28.0 Å². The summed E-state index contributed by atoms with van der Waals surface area (Å²) in [5.41, 5.74) is 0. The Labute approximate surface area is 171 Å². The van der Waals surface area contributed by atoms with Crippen LogP contribution in [0.4, 0.5) is 0 Å². The topological polar surface area (TPSA) is 0 Å². The highest BCUT2D eigenvalue weighted by Crippen LogP contribution is 2.53. The van der Waals surface area contributed by atoms with Gasteiger partial charge in [-0.05, 0) is 30.7 Å². The van der Waals surface area contributed by atoms with Crippen molar-refractivity contribution in [3.05, 3.63) is 28.5 Å². The molecule has 2 rings (SSSR count). The van der Waals surface area contributed by atoms with Crippen molar-refractivity contribution in [2.24, 2.45) is 0 Å². The summed E-state index contributed by atoms with van der Waals surface area (Å²) in [6.45, 7) is 4.62. The molecular formula is C24H40S2. The number of hydrogen-bond donors (Lipinski definition) is 0. The van der Waals surface area contributed by atoms with Crippen LogP contribution in [0.2, 0.25) is 0 Å². The molecule has 0 saturated carbocycles. The van der Waals surface area contributed by atoms with Gasteiger partial charge in [0.2, 0.25) is 0 Å². The Morgan fingerprint density at radius 2 is 1.38 bits per heavy atom. The van der Waals surface area contributed by atoms with Gasteiger partial charge in [-0.25, -0.2) is 0 Å². The normalized spacial score (nSPS) is 16.2. The monoisotopic (exact) mass is 392 g/mol. The van der Waals surface area contributed by atoms with E-state index >= 15 is 0 Å². The van der Waals surface area contributed by atoms with E-state index in [0.717, 1.165) is 0 Å². The molecule has 1 aromatic rings. The predicted octanol–water partition coefficient (Wildman–Crippen LogP) is 9.47. The Bertz CT molecular complexity index is 470. The second-order valence-corrected chi connectivity index (χ2v) is 10.5. The minimum Gasteiger partial charge on any atom is -0.143 e. The van der Waals surface area contributed by atoms with E-state index in [4.69, 9.17) is 0 Å². The Balaban J connectivity index is 1.78. The fourth-order valence-corrected chi connectivity index (χ4v) is 6.44. The van der Waals surface area contributed by atoms with Crippen LogP contribution in [0, 0.1) is 0 Å². The lowest BCUT2D eigenvalue weighted by Crippen LogP contribution is -2.21. The van der Waals surface area contributed by atoms with Gasteiger partial charge < -0.3 is 0 Å². The van der Waals surface area contributed by atoms with Crippen LogP contribution >= 0.6 is 23.1 Å². The molecule has 0 aliphatic carbocycles. The molecule has 0 amide bonds. The van der Waals surface area contributed by atoms with E-state index in [9.17, 15) is 0 Å². The summed E-state index contributed by atoms with van der Waals surface area (Å²) in [6.07, 6.45) is 23.7. The number of rotatable bonds is 15. The number of hydrogen-bond acceptors (Lipinski definition) is 2. The number of thioether (sulfide) groups is 1. The number of thiophene rings is 1. The number of unbranched alkanes of at least 4 members (excludes halogenated alkanes) is 10. The zero-order chi connectivity index (χ0) is 18.5. The summed E-state index contributed by atoms with van der Waals surface area (Å²) >= 11 is 4.13. The third kappa shape index (κ3) is 7.80. The van der Waals surface area contributed by atoms with Gasteiger partial charge in [0.15, 0.2) is 0 Å². The van der Waals surface area contributed by atoms with Crippen molar-refractivity contribution in [1.29, 1.82) is 0 Å². The van der Waals surface area contributed by atoms with Crippen molar-refractivity contribution in [3.8, 4) is 0 Å². The molecule has 1 aromatic heterocycles. The molecule has 1 aliphatic rings. The molecule has 0 N–H and O–H groups in total. The van der Waals surface area contributed by atoms with Gasteiger partial charge in [-0.1, -0.05) is 103 Å². The lowest BCUT2D eigenvalue weighted by molar-refractivity contribution is 0.448. The lowest BCUT2D eigenvalue weighted by Gasteiger charge is -2.29. The molecule has 2 heterocycles. The molecule has 0 nitrogen and oxygen atoms in total.